The number of anilines is 2. The van der Waals surface area contributed by atoms with Crippen LogP contribution in [0.15, 0.2) is 30.5 Å². The van der Waals surface area contributed by atoms with Gasteiger partial charge in [-0.3, -0.25) is 0 Å². The molecule has 0 unspecified atom stereocenters. The lowest BCUT2D eigenvalue weighted by Crippen LogP contribution is -2.47. The highest BCUT2D eigenvalue weighted by atomic mass is 16.5. The van der Waals surface area contributed by atoms with E-state index in [1.54, 1.807) is 0 Å². The van der Waals surface area contributed by atoms with Crippen LogP contribution in [0, 0.1) is 13.8 Å². The van der Waals surface area contributed by atoms with Gasteiger partial charge in [-0.2, -0.15) is 5.10 Å². The van der Waals surface area contributed by atoms with Crippen LogP contribution in [0.25, 0.3) is 0 Å². The monoisotopic (exact) mass is 312 g/mol. The maximum atomic E-state index is 5.76. The second-order valence-electron chi connectivity index (χ2n) is 5.85. The summed E-state index contributed by atoms with van der Waals surface area (Å²) in [7, 11) is 0. The van der Waals surface area contributed by atoms with Crippen LogP contribution in [-0.4, -0.2) is 43.0 Å². The van der Waals surface area contributed by atoms with Gasteiger partial charge in [-0.1, -0.05) is 12.1 Å². The van der Waals surface area contributed by atoms with Crippen molar-refractivity contribution in [3.63, 3.8) is 0 Å². The Balaban J connectivity index is 1.73. The van der Waals surface area contributed by atoms with Gasteiger partial charge in [0.05, 0.1) is 18.5 Å². The summed E-state index contributed by atoms with van der Waals surface area (Å²) >= 11 is 0. The smallest absolute Gasteiger partial charge is 0.154 e. The summed E-state index contributed by atoms with van der Waals surface area (Å²) in [5, 5.41) is 8.45. The third-order valence-electron chi connectivity index (χ3n) is 4.42. The fourth-order valence-corrected chi connectivity index (χ4v) is 2.97. The zero-order valence-corrected chi connectivity index (χ0v) is 14.1. The Kier molecular flexibility index (Phi) is 4.65. The fraction of sp³-hybridized carbons (Fsp3) is 0.444. The lowest BCUT2D eigenvalue weighted by molar-refractivity contribution is 0.340. The van der Waals surface area contributed by atoms with Crippen molar-refractivity contribution in [1.29, 1.82) is 0 Å². The van der Waals surface area contributed by atoms with E-state index < -0.39 is 0 Å². The lowest BCUT2D eigenvalue weighted by Gasteiger charge is -2.37. The van der Waals surface area contributed by atoms with E-state index in [0.29, 0.717) is 6.61 Å². The molecule has 2 aromatic rings. The summed E-state index contributed by atoms with van der Waals surface area (Å²) in [6, 6.07) is 8.27. The van der Waals surface area contributed by atoms with E-state index in [1.165, 1.54) is 16.8 Å². The molecule has 0 N–H and O–H groups in total. The second kappa shape index (κ2) is 6.86. The fourth-order valence-electron chi connectivity index (χ4n) is 2.97. The SMILES string of the molecule is CCOc1ccccc1N1CCN(c2nncc(C)c2C)CC1. The molecule has 1 saturated heterocycles. The molecule has 5 nitrogen and oxygen atoms in total. The van der Waals surface area contributed by atoms with Crippen molar-refractivity contribution in [3.05, 3.63) is 41.6 Å². The summed E-state index contributed by atoms with van der Waals surface area (Å²) in [5.41, 5.74) is 3.60. The number of aromatic nitrogens is 2. The number of hydrogen-bond acceptors (Lipinski definition) is 5. The van der Waals surface area contributed by atoms with Crippen molar-refractivity contribution in [3.8, 4) is 5.75 Å². The summed E-state index contributed by atoms with van der Waals surface area (Å²) in [4.78, 5) is 4.72. The zero-order chi connectivity index (χ0) is 16.2. The molecule has 0 aliphatic carbocycles. The van der Waals surface area contributed by atoms with Gasteiger partial charge in [-0.05, 0) is 44.0 Å². The molecule has 1 fully saturated rings. The number of ether oxygens (including phenoxy) is 1. The Bertz CT molecular complexity index is 666. The van der Waals surface area contributed by atoms with Gasteiger partial charge in [-0.15, -0.1) is 5.10 Å². The molecule has 1 aliphatic rings. The normalized spacial score (nSPS) is 14.9. The molecule has 0 saturated carbocycles. The van der Waals surface area contributed by atoms with Crippen LogP contribution < -0.4 is 14.5 Å². The van der Waals surface area contributed by atoms with Crippen LogP contribution >= 0.6 is 0 Å². The number of para-hydroxylation sites is 2. The number of piperazine rings is 1. The molecule has 1 aliphatic heterocycles. The van der Waals surface area contributed by atoms with Gasteiger partial charge >= 0.3 is 0 Å². The van der Waals surface area contributed by atoms with Crippen LogP contribution in [0.5, 0.6) is 5.75 Å². The quantitative estimate of drug-likeness (QED) is 0.868. The van der Waals surface area contributed by atoms with E-state index in [2.05, 4.69) is 46.0 Å². The average Bonchev–Trinajstić information content (AvgIpc) is 2.58. The van der Waals surface area contributed by atoms with Crippen LogP contribution in [0.1, 0.15) is 18.1 Å². The predicted molar refractivity (Wildman–Crippen MR) is 93.5 cm³/mol. The lowest BCUT2D eigenvalue weighted by atomic mass is 10.1. The predicted octanol–water partition coefficient (Wildman–Crippen LogP) is 2.82. The molecule has 0 amide bonds. The number of benzene rings is 1. The molecule has 0 atom stereocenters. The number of hydrogen-bond donors (Lipinski definition) is 0. The summed E-state index contributed by atoms with van der Waals surface area (Å²) in [6.07, 6.45) is 1.83. The first-order valence-corrected chi connectivity index (χ1v) is 8.21. The molecule has 1 aromatic heterocycles. The van der Waals surface area contributed by atoms with E-state index in [1.807, 2.05) is 25.3 Å². The van der Waals surface area contributed by atoms with Crippen LogP contribution in [0.2, 0.25) is 0 Å². The van der Waals surface area contributed by atoms with Crippen LogP contribution in [0.3, 0.4) is 0 Å². The average molecular weight is 312 g/mol. The highest BCUT2D eigenvalue weighted by Gasteiger charge is 2.22. The minimum atomic E-state index is 0.690. The van der Waals surface area contributed by atoms with Crippen LogP contribution in [0.4, 0.5) is 11.5 Å². The molecule has 1 aromatic carbocycles. The van der Waals surface area contributed by atoms with Gasteiger partial charge in [0.25, 0.3) is 0 Å². The van der Waals surface area contributed by atoms with Gasteiger partial charge in [0.2, 0.25) is 0 Å². The maximum absolute atomic E-state index is 5.76. The minimum absolute atomic E-state index is 0.690. The van der Waals surface area contributed by atoms with E-state index in [-0.39, 0.29) is 0 Å². The largest absolute Gasteiger partial charge is 0.492 e. The van der Waals surface area contributed by atoms with Gasteiger partial charge in [-0.25, -0.2) is 0 Å². The molecular weight excluding hydrogens is 288 g/mol. The van der Waals surface area contributed by atoms with Gasteiger partial charge in [0, 0.05) is 26.2 Å². The van der Waals surface area contributed by atoms with Crippen LogP contribution in [-0.2, 0) is 0 Å². The molecular formula is C18H24N4O. The molecule has 0 spiro atoms. The maximum Gasteiger partial charge on any atom is 0.154 e. The summed E-state index contributed by atoms with van der Waals surface area (Å²) in [6.45, 7) is 10.7. The molecule has 23 heavy (non-hydrogen) atoms. The molecule has 5 heteroatoms. The van der Waals surface area contributed by atoms with Crippen molar-refractivity contribution in [1.82, 2.24) is 10.2 Å². The van der Waals surface area contributed by atoms with E-state index in [0.717, 1.165) is 37.7 Å². The molecule has 2 heterocycles. The van der Waals surface area contributed by atoms with Crippen molar-refractivity contribution in [2.24, 2.45) is 0 Å². The second-order valence-corrected chi connectivity index (χ2v) is 5.85. The van der Waals surface area contributed by atoms with E-state index in [9.17, 15) is 0 Å². The summed E-state index contributed by atoms with van der Waals surface area (Å²) < 4.78 is 5.76. The van der Waals surface area contributed by atoms with Crippen molar-refractivity contribution >= 4 is 11.5 Å². The van der Waals surface area contributed by atoms with E-state index in [4.69, 9.17) is 4.74 Å². The van der Waals surface area contributed by atoms with Gasteiger partial charge < -0.3 is 14.5 Å². The highest BCUT2D eigenvalue weighted by molar-refractivity contribution is 5.60. The minimum Gasteiger partial charge on any atom is -0.492 e. The Morgan fingerprint density at radius 3 is 2.48 bits per heavy atom. The van der Waals surface area contributed by atoms with Crippen molar-refractivity contribution in [2.75, 3.05) is 42.6 Å². The molecule has 0 bridgehead atoms. The number of rotatable bonds is 4. The third-order valence-corrected chi connectivity index (χ3v) is 4.42. The Hall–Kier alpha value is -2.30. The third kappa shape index (κ3) is 3.23. The zero-order valence-electron chi connectivity index (χ0n) is 14.1. The number of aryl methyl sites for hydroxylation is 1. The van der Waals surface area contributed by atoms with Gasteiger partial charge in [0.1, 0.15) is 5.75 Å². The Morgan fingerprint density at radius 1 is 1.04 bits per heavy atom. The number of nitrogens with zero attached hydrogens (tertiary/aromatic N) is 4. The standard InChI is InChI=1S/C18H24N4O/c1-4-23-17-8-6-5-7-16(17)21-9-11-22(12-10-21)18-15(3)14(2)13-19-20-18/h5-8,13H,4,9-12H2,1-3H3. The molecule has 122 valence electrons. The first-order valence-electron chi connectivity index (χ1n) is 8.21. The summed E-state index contributed by atoms with van der Waals surface area (Å²) in [5.74, 6) is 1.98. The molecule has 0 radical (unpaired) electrons. The van der Waals surface area contributed by atoms with Crippen molar-refractivity contribution in [2.45, 2.75) is 20.8 Å². The van der Waals surface area contributed by atoms with Gasteiger partial charge in [0.15, 0.2) is 5.82 Å². The topological polar surface area (TPSA) is 41.5 Å². The first kappa shape index (κ1) is 15.6. The first-order chi connectivity index (χ1) is 11.2. The van der Waals surface area contributed by atoms with Crippen molar-refractivity contribution < 1.29 is 4.74 Å². The highest BCUT2D eigenvalue weighted by Crippen LogP contribution is 2.29. The Labute approximate surface area is 137 Å². The Morgan fingerprint density at radius 2 is 1.74 bits per heavy atom. The van der Waals surface area contributed by atoms with E-state index >= 15 is 0 Å². The molecule has 3 rings (SSSR count).